The van der Waals surface area contributed by atoms with Crippen LogP contribution in [0.25, 0.3) is 0 Å². The van der Waals surface area contributed by atoms with Crippen LogP contribution in [0.15, 0.2) is 17.1 Å². The molecule has 1 atom stereocenters. The minimum absolute atomic E-state index is 0.0403. The van der Waals surface area contributed by atoms with Gasteiger partial charge in [-0.1, -0.05) is 13.8 Å². The van der Waals surface area contributed by atoms with Gasteiger partial charge in [-0.3, -0.25) is 4.79 Å². The quantitative estimate of drug-likeness (QED) is 0.832. The van der Waals surface area contributed by atoms with E-state index in [1.54, 1.807) is 16.9 Å². The third-order valence-electron chi connectivity index (χ3n) is 3.82. The molecular weight excluding hydrogens is 274 g/mol. The summed E-state index contributed by atoms with van der Waals surface area (Å²) in [5, 5.41) is 4.31. The summed E-state index contributed by atoms with van der Waals surface area (Å²) < 4.78 is 6.86. The van der Waals surface area contributed by atoms with Crippen LogP contribution in [0.2, 0.25) is 0 Å². The fraction of sp³-hybridized carbons (Fsp3) is 0.714. The van der Waals surface area contributed by atoms with Crippen molar-refractivity contribution in [3.05, 3.63) is 22.6 Å². The van der Waals surface area contributed by atoms with Crippen molar-refractivity contribution in [1.82, 2.24) is 9.78 Å². The first-order chi connectivity index (χ1) is 9.61. The number of anilines is 1. The monoisotopic (exact) mass is 297 g/mol. The van der Waals surface area contributed by atoms with E-state index in [4.69, 9.17) is 4.74 Å². The molecule has 6 heteroatoms. The molecule has 1 aromatic heterocycles. The highest BCUT2D eigenvalue weighted by molar-refractivity contribution is 7.80. The SMILES string of the molecule is CC(C)C(CS)Cn1ncc(N2CCOCC2)cc1=O. The number of hydrogen-bond acceptors (Lipinski definition) is 5. The summed E-state index contributed by atoms with van der Waals surface area (Å²) in [4.78, 5) is 14.3. The molecule has 0 N–H and O–H groups in total. The second kappa shape index (κ2) is 7.13. The Morgan fingerprint density at radius 3 is 2.65 bits per heavy atom. The normalized spacial score (nSPS) is 17.5. The highest BCUT2D eigenvalue weighted by Crippen LogP contribution is 2.15. The first-order valence-electron chi connectivity index (χ1n) is 7.12. The maximum absolute atomic E-state index is 12.2. The van der Waals surface area contributed by atoms with Gasteiger partial charge in [0.1, 0.15) is 0 Å². The fourth-order valence-corrected chi connectivity index (χ4v) is 2.79. The summed E-state index contributed by atoms with van der Waals surface area (Å²) in [7, 11) is 0. The Hall–Kier alpha value is -1.01. The molecule has 0 aliphatic carbocycles. The molecule has 0 saturated carbocycles. The standard InChI is InChI=1S/C14H23N3O2S/c1-11(2)12(10-20)9-17-14(18)7-13(8-15-17)16-3-5-19-6-4-16/h7-8,11-12,20H,3-6,9-10H2,1-2H3. The van der Waals surface area contributed by atoms with E-state index in [1.807, 2.05) is 0 Å². The lowest BCUT2D eigenvalue weighted by Gasteiger charge is -2.28. The molecule has 1 aromatic rings. The topological polar surface area (TPSA) is 47.4 Å². The van der Waals surface area contributed by atoms with E-state index in [0.717, 1.165) is 24.5 Å². The van der Waals surface area contributed by atoms with Crippen LogP contribution in [0.1, 0.15) is 13.8 Å². The van der Waals surface area contributed by atoms with Crippen molar-refractivity contribution in [3.8, 4) is 0 Å². The van der Waals surface area contributed by atoms with E-state index in [1.165, 1.54) is 0 Å². The van der Waals surface area contributed by atoms with Crippen molar-refractivity contribution in [1.29, 1.82) is 0 Å². The molecule has 2 heterocycles. The van der Waals surface area contributed by atoms with Gasteiger partial charge in [0.25, 0.3) is 5.56 Å². The largest absolute Gasteiger partial charge is 0.378 e. The molecule has 0 amide bonds. The molecule has 1 aliphatic heterocycles. The van der Waals surface area contributed by atoms with Gasteiger partial charge in [-0.15, -0.1) is 0 Å². The number of thiol groups is 1. The van der Waals surface area contributed by atoms with Gasteiger partial charge in [0.15, 0.2) is 0 Å². The van der Waals surface area contributed by atoms with Gasteiger partial charge < -0.3 is 9.64 Å². The van der Waals surface area contributed by atoms with E-state index in [0.29, 0.717) is 31.6 Å². The summed E-state index contributed by atoms with van der Waals surface area (Å²) in [6.45, 7) is 7.97. The summed E-state index contributed by atoms with van der Waals surface area (Å²) >= 11 is 4.36. The summed E-state index contributed by atoms with van der Waals surface area (Å²) in [5.74, 6) is 1.61. The fourth-order valence-electron chi connectivity index (χ4n) is 2.26. The Labute approximate surface area is 125 Å². The predicted octanol–water partition coefficient (Wildman–Crippen LogP) is 1.28. The summed E-state index contributed by atoms with van der Waals surface area (Å²) in [6.07, 6.45) is 1.78. The molecule has 0 bridgehead atoms. The van der Waals surface area contributed by atoms with E-state index < -0.39 is 0 Å². The number of rotatable bonds is 5. The maximum Gasteiger partial charge on any atom is 0.268 e. The average molecular weight is 297 g/mol. The van der Waals surface area contributed by atoms with Gasteiger partial charge >= 0.3 is 0 Å². The number of hydrogen-bond donors (Lipinski definition) is 1. The zero-order chi connectivity index (χ0) is 14.5. The molecule has 1 aliphatic rings. The van der Waals surface area contributed by atoms with Gasteiger partial charge in [0.05, 0.1) is 25.1 Å². The van der Waals surface area contributed by atoms with E-state index in [2.05, 4.69) is 36.5 Å². The first kappa shape index (κ1) is 15.4. The van der Waals surface area contributed by atoms with Crippen molar-refractivity contribution in [2.75, 3.05) is 37.0 Å². The summed E-state index contributed by atoms with van der Waals surface area (Å²) in [5.41, 5.74) is 0.850. The molecule has 1 unspecified atom stereocenters. The number of aromatic nitrogens is 2. The van der Waals surface area contributed by atoms with E-state index in [9.17, 15) is 4.79 Å². The van der Waals surface area contributed by atoms with Crippen LogP contribution >= 0.6 is 12.6 Å². The Morgan fingerprint density at radius 1 is 1.40 bits per heavy atom. The Kier molecular flexibility index (Phi) is 5.48. The van der Waals surface area contributed by atoms with Gasteiger partial charge in [-0.2, -0.15) is 17.7 Å². The van der Waals surface area contributed by atoms with Crippen LogP contribution in [0, 0.1) is 11.8 Å². The zero-order valence-corrected chi connectivity index (χ0v) is 13.1. The number of nitrogens with zero attached hydrogens (tertiary/aromatic N) is 3. The summed E-state index contributed by atoms with van der Waals surface area (Å²) in [6, 6.07) is 1.67. The minimum atomic E-state index is -0.0403. The Morgan fingerprint density at radius 2 is 2.10 bits per heavy atom. The van der Waals surface area contributed by atoms with Crippen LogP contribution in [0.3, 0.4) is 0 Å². The molecule has 0 aromatic carbocycles. The first-order valence-corrected chi connectivity index (χ1v) is 7.75. The van der Waals surface area contributed by atoms with Gasteiger partial charge in [0, 0.05) is 25.7 Å². The highest BCUT2D eigenvalue weighted by atomic mass is 32.1. The third kappa shape index (κ3) is 3.76. The van der Waals surface area contributed by atoms with Crippen molar-refractivity contribution in [2.45, 2.75) is 20.4 Å². The van der Waals surface area contributed by atoms with Crippen LogP contribution < -0.4 is 10.5 Å². The lowest BCUT2D eigenvalue weighted by atomic mass is 9.98. The van der Waals surface area contributed by atoms with Crippen LogP contribution in [-0.2, 0) is 11.3 Å². The van der Waals surface area contributed by atoms with Gasteiger partial charge in [-0.05, 0) is 17.6 Å². The predicted molar refractivity (Wildman–Crippen MR) is 83.7 cm³/mol. The average Bonchev–Trinajstić information content (AvgIpc) is 2.46. The van der Waals surface area contributed by atoms with Crippen molar-refractivity contribution in [3.63, 3.8) is 0 Å². The molecule has 20 heavy (non-hydrogen) atoms. The van der Waals surface area contributed by atoms with E-state index in [-0.39, 0.29) is 5.56 Å². The zero-order valence-electron chi connectivity index (χ0n) is 12.2. The lowest BCUT2D eigenvalue weighted by Crippen LogP contribution is -2.38. The Balaban J connectivity index is 2.11. The van der Waals surface area contributed by atoms with Gasteiger partial charge in [0.2, 0.25) is 0 Å². The smallest absolute Gasteiger partial charge is 0.268 e. The van der Waals surface area contributed by atoms with E-state index >= 15 is 0 Å². The Bertz CT molecular complexity index is 484. The molecule has 5 nitrogen and oxygen atoms in total. The number of ether oxygens (including phenoxy) is 1. The molecule has 1 saturated heterocycles. The second-order valence-electron chi connectivity index (χ2n) is 5.52. The molecule has 1 fully saturated rings. The second-order valence-corrected chi connectivity index (χ2v) is 5.89. The van der Waals surface area contributed by atoms with Crippen molar-refractivity contribution < 1.29 is 4.74 Å². The lowest BCUT2D eigenvalue weighted by molar-refractivity contribution is 0.122. The molecular formula is C14H23N3O2S. The molecule has 2 rings (SSSR count). The maximum atomic E-state index is 12.2. The van der Waals surface area contributed by atoms with Crippen molar-refractivity contribution >= 4 is 18.3 Å². The molecule has 0 radical (unpaired) electrons. The number of morpholine rings is 1. The van der Waals surface area contributed by atoms with Crippen molar-refractivity contribution in [2.24, 2.45) is 11.8 Å². The molecule has 112 valence electrons. The molecule has 0 spiro atoms. The third-order valence-corrected chi connectivity index (χ3v) is 4.29. The van der Waals surface area contributed by atoms with Crippen LogP contribution in [0.5, 0.6) is 0 Å². The van der Waals surface area contributed by atoms with Crippen LogP contribution in [0.4, 0.5) is 5.69 Å². The minimum Gasteiger partial charge on any atom is -0.378 e. The van der Waals surface area contributed by atoms with Gasteiger partial charge in [-0.25, -0.2) is 4.68 Å². The van der Waals surface area contributed by atoms with Crippen LogP contribution in [-0.4, -0.2) is 41.8 Å². The highest BCUT2D eigenvalue weighted by Gasteiger charge is 2.16.